The van der Waals surface area contributed by atoms with Crippen LogP contribution in [0.15, 0.2) is 29.8 Å². The maximum absolute atomic E-state index is 12.4. The van der Waals surface area contributed by atoms with E-state index in [1.54, 1.807) is 11.3 Å². The van der Waals surface area contributed by atoms with Crippen molar-refractivity contribution in [3.05, 3.63) is 40.9 Å². The third-order valence-corrected chi connectivity index (χ3v) is 5.38. The summed E-state index contributed by atoms with van der Waals surface area (Å²) in [7, 11) is 0. The standard InChI is InChI=1S/C19H25N3O2S/c1-14(2)17-5-4-16(12-15(17)3)24-13-18(23)21-7-9-22(10-8-21)19-20-6-11-25-19/h4-6,11-12,14H,7-10,13H2,1-3H3. The molecule has 1 aliphatic heterocycles. The number of carbonyl (C=O) groups is 1. The van der Waals surface area contributed by atoms with Crippen LogP contribution < -0.4 is 9.64 Å². The Labute approximate surface area is 153 Å². The first-order chi connectivity index (χ1) is 12.0. The predicted molar refractivity (Wildman–Crippen MR) is 102 cm³/mol. The van der Waals surface area contributed by atoms with E-state index in [9.17, 15) is 4.79 Å². The molecule has 1 amide bonds. The SMILES string of the molecule is Cc1cc(OCC(=O)N2CCN(c3nccs3)CC2)ccc1C(C)C. The first kappa shape index (κ1) is 17.7. The van der Waals surface area contributed by atoms with Gasteiger partial charge in [-0.05, 0) is 36.1 Å². The molecular formula is C19H25N3O2S. The van der Waals surface area contributed by atoms with Gasteiger partial charge >= 0.3 is 0 Å². The van der Waals surface area contributed by atoms with E-state index in [-0.39, 0.29) is 12.5 Å². The Bertz CT molecular complexity index is 707. The average molecular weight is 359 g/mol. The fraction of sp³-hybridized carbons (Fsp3) is 0.474. The van der Waals surface area contributed by atoms with Crippen molar-refractivity contribution in [2.45, 2.75) is 26.7 Å². The van der Waals surface area contributed by atoms with Crippen molar-refractivity contribution in [3.8, 4) is 5.75 Å². The van der Waals surface area contributed by atoms with Gasteiger partial charge in [0.2, 0.25) is 0 Å². The number of piperazine rings is 1. The molecule has 134 valence electrons. The highest BCUT2D eigenvalue weighted by molar-refractivity contribution is 7.13. The van der Waals surface area contributed by atoms with Gasteiger partial charge in [0.1, 0.15) is 5.75 Å². The number of aryl methyl sites for hydroxylation is 1. The summed E-state index contributed by atoms with van der Waals surface area (Å²) in [5.41, 5.74) is 2.52. The van der Waals surface area contributed by atoms with Crippen molar-refractivity contribution in [1.82, 2.24) is 9.88 Å². The second kappa shape index (κ2) is 7.87. The molecule has 0 spiro atoms. The molecule has 6 heteroatoms. The van der Waals surface area contributed by atoms with Crippen molar-refractivity contribution < 1.29 is 9.53 Å². The zero-order valence-corrected chi connectivity index (χ0v) is 15.9. The molecule has 5 nitrogen and oxygen atoms in total. The maximum Gasteiger partial charge on any atom is 0.260 e. The summed E-state index contributed by atoms with van der Waals surface area (Å²) in [6.07, 6.45) is 1.82. The van der Waals surface area contributed by atoms with Crippen molar-refractivity contribution in [2.24, 2.45) is 0 Å². The second-order valence-corrected chi connectivity index (χ2v) is 7.52. The quantitative estimate of drug-likeness (QED) is 0.822. The lowest BCUT2D eigenvalue weighted by atomic mass is 9.98. The van der Waals surface area contributed by atoms with Crippen LogP contribution in [-0.2, 0) is 4.79 Å². The highest BCUT2D eigenvalue weighted by atomic mass is 32.1. The van der Waals surface area contributed by atoms with Crippen LogP contribution in [0.3, 0.4) is 0 Å². The van der Waals surface area contributed by atoms with Gasteiger partial charge in [-0.2, -0.15) is 0 Å². The van der Waals surface area contributed by atoms with Gasteiger partial charge in [-0.25, -0.2) is 4.98 Å². The molecule has 0 bridgehead atoms. The Kier molecular flexibility index (Phi) is 5.58. The van der Waals surface area contributed by atoms with Gasteiger partial charge in [-0.1, -0.05) is 19.9 Å². The normalized spacial score (nSPS) is 14.9. The monoisotopic (exact) mass is 359 g/mol. The van der Waals surface area contributed by atoms with Gasteiger partial charge in [0.25, 0.3) is 5.91 Å². The highest BCUT2D eigenvalue weighted by Crippen LogP contribution is 2.23. The summed E-state index contributed by atoms with van der Waals surface area (Å²) in [6.45, 7) is 9.61. The molecule has 3 rings (SSSR count). The van der Waals surface area contributed by atoms with Crippen molar-refractivity contribution in [2.75, 3.05) is 37.7 Å². The van der Waals surface area contributed by atoms with Crippen molar-refractivity contribution in [1.29, 1.82) is 0 Å². The van der Waals surface area contributed by atoms with E-state index < -0.39 is 0 Å². The summed E-state index contributed by atoms with van der Waals surface area (Å²) < 4.78 is 5.72. The number of hydrogen-bond acceptors (Lipinski definition) is 5. The van der Waals surface area contributed by atoms with E-state index in [4.69, 9.17) is 4.74 Å². The smallest absolute Gasteiger partial charge is 0.260 e. The summed E-state index contributed by atoms with van der Waals surface area (Å²) in [6, 6.07) is 6.06. The molecule has 1 saturated heterocycles. The first-order valence-electron chi connectivity index (χ1n) is 8.70. The number of hydrogen-bond donors (Lipinski definition) is 0. The minimum absolute atomic E-state index is 0.0457. The summed E-state index contributed by atoms with van der Waals surface area (Å²) >= 11 is 1.64. The molecule has 0 radical (unpaired) electrons. The van der Waals surface area contributed by atoms with Gasteiger partial charge in [-0.3, -0.25) is 4.79 Å². The minimum atomic E-state index is 0.0457. The molecule has 2 aromatic rings. The van der Waals surface area contributed by atoms with Crippen molar-refractivity contribution in [3.63, 3.8) is 0 Å². The molecule has 0 saturated carbocycles. The lowest BCUT2D eigenvalue weighted by Crippen LogP contribution is -2.50. The van der Waals surface area contributed by atoms with Gasteiger partial charge in [0.05, 0.1) is 0 Å². The minimum Gasteiger partial charge on any atom is -0.484 e. The molecule has 25 heavy (non-hydrogen) atoms. The lowest BCUT2D eigenvalue weighted by Gasteiger charge is -2.34. The molecule has 1 aromatic carbocycles. The highest BCUT2D eigenvalue weighted by Gasteiger charge is 2.22. The number of benzene rings is 1. The molecule has 0 unspecified atom stereocenters. The Hall–Kier alpha value is -2.08. The van der Waals surface area contributed by atoms with Gasteiger partial charge < -0.3 is 14.5 Å². The number of rotatable bonds is 5. The molecule has 0 N–H and O–H groups in total. The Balaban J connectivity index is 1.49. The Morgan fingerprint density at radius 2 is 2.04 bits per heavy atom. The molecule has 2 heterocycles. The van der Waals surface area contributed by atoms with Crippen LogP contribution in [0.1, 0.15) is 30.9 Å². The molecule has 1 aliphatic rings. The largest absolute Gasteiger partial charge is 0.484 e. The van der Waals surface area contributed by atoms with E-state index in [1.807, 2.05) is 28.6 Å². The van der Waals surface area contributed by atoms with E-state index in [1.165, 1.54) is 11.1 Å². The van der Waals surface area contributed by atoms with Crippen LogP contribution in [-0.4, -0.2) is 48.6 Å². The number of anilines is 1. The Morgan fingerprint density at radius 1 is 1.28 bits per heavy atom. The molecule has 1 fully saturated rings. The van der Waals surface area contributed by atoms with E-state index >= 15 is 0 Å². The number of nitrogens with zero attached hydrogens (tertiary/aromatic N) is 3. The Morgan fingerprint density at radius 3 is 2.64 bits per heavy atom. The first-order valence-corrected chi connectivity index (χ1v) is 9.58. The molecule has 1 aromatic heterocycles. The van der Waals surface area contributed by atoms with Gasteiger partial charge in [-0.15, -0.1) is 11.3 Å². The second-order valence-electron chi connectivity index (χ2n) is 6.64. The molecule has 0 atom stereocenters. The number of carbonyl (C=O) groups excluding carboxylic acids is 1. The zero-order valence-electron chi connectivity index (χ0n) is 15.1. The van der Waals surface area contributed by atoms with E-state index in [0.717, 1.165) is 24.0 Å². The summed E-state index contributed by atoms with van der Waals surface area (Å²) in [4.78, 5) is 20.8. The van der Waals surface area contributed by atoms with Crippen LogP contribution in [0.5, 0.6) is 5.75 Å². The predicted octanol–water partition coefficient (Wildman–Crippen LogP) is 3.30. The van der Waals surface area contributed by atoms with Gasteiger partial charge in [0.15, 0.2) is 11.7 Å². The fourth-order valence-electron chi connectivity index (χ4n) is 3.14. The maximum atomic E-state index is 12.4. The van der Waals surface area contributed by atoms with E-state index in [2.05, 4.69) is 36.7 Å². The van der Waals surface area contributed by atoms with Crippen LogP contribution in [0.2, 0.25) is 0 Å². The fourth-order valence-corrected chi connectivity index (χ4v) is 3.84. The number of amides is 1. The number of aromatic nitrogens is 1. The third kappa shape index (κ3) is 4.31. The van der Waals surface area contributed by atoms with E-state index in [0.29, 0.717) is 19.0 Å². The van der Waals surface area contributed by atoms with Crippen molar-refractivity contribution >= 4 is 22.4 Å². The topological polar surface area (TPSA) is 45.7 Å². The zero-order chi connectivity index (χ0) is 17.8. The molecular weight excluding hydrogens is 334 g/mol. The molecule has 0 aliphatic carbocycles. The average Bonchev–Trinajstić information content (AvgIpc) is 3.14. The summed E-state index contributed by atoms with van der Waals surface area (Å²) in [5.74, 6) is 1.30. The van der Waals surface area contributed by atoms with Crippen LogP contribution in [0, 0.1) is 6.92 Å². The van der Waals surface area contributed by atoms with Gasteiger partial charge in [0, 0.05) is 37.8 Å². The summed E-state index contributed by atoms with van der Waals surface area (Å²) in [5, 5.41) is 3.01. The number of thiazole rings is 1. The van der Waals surface area contributed by atoms with Crippen LogP contribution in [0.25, 0.3) is 0 Å². The number of ether oxygens (including phenoxy) is 1. The van der Waals surface area contributed by atoms with Crippen LogP contribution >= 0.6 is 11.3 Å². The third-order valence-electron chi connectivity index (χ3n) is 4.55. The lowest BCUT2D eigenvalue weighted by molar-refractivity contribution is -0.133. The van der Waals surface area contributed by atoms with Crippen LogP contribution in [0.4, 0.5) is 5.13 Å².